The minimum absolute atomic E-state index is 0.122. The van der Waals surface area contributed by atoms with Crippen LogP contribution in [0.5, 0.6) is 0 Å². The Balaban J connectivity index is 2.92. The summed E-state index contributed by atoms with van der Waals surface area (Å²) in [6.07, 6.45) is 1.03. The zero-order valence-corrected chi connectivity index (χ0v) is 20.1. The zero-order chi connectivity index (χ0) is 23.9. The van der Waals surface area contributed by atoms with E-state index in [9.17, 15) is 19.2 Å². The Kier molecular flexibility index (Phi) is 9.77. The van der Waals surface area contributed by atoms with Gasteiger partial charge in [-0.3, -0.25) is 14.5 Å². The lowest BCUT2D eigenvalue weighted by atomic mass is 10.00. The topological polar surface area (TPSA) is 114 Å². The lowest BCUT2D eigenvalue weighted by Crippen LogP contribution is -2.56. The fourth-order valence-electron chi connectivity index (χ4n) is 3.43. The van der Waals surface area contributed by atoms with Gasteiger partial charge < -0.3 is 20.1 Å². The average molecular weight is 442 g/mol. The standard InChI is InChI=1S/C22H39N3O6/c1-13(2)12-15(18(26)24-17(14(3)4)20(28)30-8)23-19(27)16-10-9-11-25(16)21(29)31-22(5,6)7/h13-17H,9-12H2,1-8H3,(H,23,27)(H,24,26)/t15-,16+,17-/m1/s1. The Morgan fingerprint density at radius 3 is 2.16 bits per heavy atom. The molecule has 0 saturated carbocycles. The van der Waals surface area contributed by atoms with Crippen LogP contribution in [0.15, 0.2) is 0 Å². The van der Waals surface area contributed by atoms with Crippen LogP contribution < -0.4 is 10.6 Å². The molecule has 3 atom stereocenters. The molecule has 3 amide bonds. The molecule has 1 aliphatic heterocycles. The third-order valence-corrected chi connectivity index (χ3v) is 4.94. The van der Waals surface area contributed by atoms with Crippen molar-refractivity contribution in [2.45, 2.75) is 91.5 Å². The van der Waals surface area contributed by atoms with Crippen LogP contribution in [0.4, 0.5) is 4.79 Å². The molecular formula is C22H39N3O6. The maximum atomic E-state index is 13.0. The van der Waals surface area contributed by atoms with Crippen LogP contribution in [0.2, 0.25) is 0 Å². The molecule has 0 radical (unpaired) electrons. The number of nitrogens with zero attached hydrogens (tertiary/aromatic N) is 1. The van der Waals surface area contributed by atoms with Crippen molar-refractivity contribution >= 4 is 23.9 Å². The molecule has 2 N–H and O–H groups in total. The van der Waals surface area contributed by atoms with E-state index < -0.39 is 47.6 Å². The number of carbonyl (C=O) groups excluding carboxylic acids is 4. The van der Waals surface area contributed by atoms with Crippen LogP contribution in [0.3, 0.4) is 0 Å². The third kappa shape index (κ3) is 8.38. The molecule has 0 aromatic rings. The Bertz CT molecular complexity index is 656. The summed E-state index contributed by atoms with van der Waals surface area (Å²) in [6.45, 7) is 13.2. The predicted octanol–water partition coefficient (Wildman–Crippen LogP) is 2.23. The van der Waals surface area contributed by atoms with Crippen molar-refractivity contribution in [1.82, 2.24) is 15.5 Å². The van der Waals surface area contributed by atoms with Gasteiger partial charge in [0.2, 0.25) is 11.8 Å². The third-order valence-electron chi connectivity index (χ3n) is 4.94. The first-order valence-corrected chi connectivity index (χ1v) is 10.9. The van der Waals surface area contributed by atoms with Gasteiger partial charge in [-0.15, -0.1) is 0 Å². The van der Waals surface area contributed by atoms with Gasteiger partial charge >= 0.3 is 12.1 Å². The maximum Gasteiger partial charge on any atom is 0.410 e. The smallest absolute Gasteiger partial charge is 0.410 e. The number of hydrogen-bond donors (Lipinski definition) is 2. The van der Waals surface area contributed by atoms with Crippen molar-refractivity contribution in [2.24, 2.45) is 11.8 Å². The summed E-state index contributed by atoms with van der Waals surface area (Å²) < 4.78 is 10.2. The fraction of sp³-hybridized carbons (Fsp3) is 0.818. The molecule has 0 unspecified atom stereocenters. The van der Waals surface area contributed by atoms with Gasteiger partial charge in [0.05, 0.1) is 7.11 Å². The molecule has 0 bridgehead atoms. The van der Waals surface area contributed by atoms with Crippen molar-refractivity contribution in [3.63, 3.8) is 0 Å². The van der Waals surface area contributed by atoms with E-state index in [0.717, 1.165) is 0 Å². The minimum Gasteiger partial charge on any atom is -0.467 e. The largest absolute Gasteiger partial charge is 0.467 e. The summed E-state index contributed by atoms with van der Waals surface area (Å²) in [5.74, 6) is -1.44. The van der Waals surface area contributed by atoms with E-state index in [1.165, 1.54) is 12.0 Å². The Labute approximate surface area is 185 Å². The molecule has 0 aromatic heterocycles. The van der Waals surface area contributed by atoms with Gasteiger partial charge in [-0.05, 0) is 51.9 Å². The zero-order valence-electron chi connectivity index (χ0n) is 20.1. The van der Waals surface area contributed by atoms with Crippen molar-refractivity contribution in [3.05, 3.63) is 0 Å². The molecule has 1 saturated heterocycles. The van der Waals surface area contributed by atoms with Crippen LogP contribution in [-0.2, 0) is 23.9 Å². The first kappa shape index (κ1) is 26.7. The number of hydrogen-bond acceptors (Lipinski definition) is 6. The maximum absolute atomic E-state index is 13.0. The van der Waals surface area contributed by atoms with Crippen LogP contribution >= 0.6 is 0 Å². The van der Waals surface area contributed by atoms with Gasteiger partial charge in [0, 0.05) is 6.54 Å². The second-order valence-corrected chi connectivity index (χ2v) is 9.78. The molecule has 1 aliphatic rings. The van der Waals surface area contributed by atoms with Crippen molar-refractivity contribution < 1.29 is 28.7 Å². The van der Waals surface area contributed by atoms with Crippen LogP contribution in [-0.4, -0.2) is 66.2 Å². The molecule has 178 valence electrons. The number of amides is 3. The van der Waals surface area contributed by atoms with E-state index in [0.29, 0.717) is 25.8 Å². The summed E-state index contributed by atoms with van der Waals surface area (Å²) in [5.41, 5.74) is -0.666. The van der Waals surface area contributed by atoms with E-state index >= 15 is 0 Å². The van der Waals surface area contributed by atoms with Crippen molar-refractivity contribution in [2.75, 3.05) is 13.7 Å². The number of esters is 1. The lowest BCUT2D eigenvalue weighted by molar-refractivity contribution is -0.146. The Morgan fingerprint density at radius 2 is 1.68 bits per heavy atom. The molecule has 9 nitrogen and oxygen atoms in total. The van der Waals surface area contributed by atoms with Gasteiger partial charge in [-0.25, -0.2) is 9.59 Å². The van der Waals surface area contributed by atoms with E-state index in [2.05, 4.69) is 10.6 Å². The van der Waals surface area contributed by atoms with E-state index in [1.807, 2.05) is 13.8 Å². The molecule has 0 aliphatic carbocycles. The van der Waals surface area contributed by atoms with Crippen molar-refractivity contribution in [1.29, 1.82) is 0 Å². The SMILES string of the molecule is COC(=O)[C@H](NC(=O)[C@@H](CC(C)C)NC(=O)[C@@H]1CCCN1C(=O)OC(C)(C)C)C(C)C. The first-order chi connectivity index (χ1) is 14.3. The predicted molar refractivity (Wildman–Crippen MR) is 116 cm³/mol. The average Bonchev–Trinajstić information content (AvgIpc) is 3.12. The second kappa shape index (κ2) is 11.3. The number of carbonyl (C=O) groups is 4. The molecule has 1 heterocycles. The number of rotatable bonds is 8. The highest BCUT2D eigenvalue weighted by atomic mass is 16.6. The van der Waals surface area contributed by atoms with Gasteiger partial charge in [0.15, 0.2) is 0 Å². The number of nitrogens with one attached hydrogen (secondary N) is 2. The Morgan fingerprint density at radius 1 is 1.06 bits per heavy atom. The van der Waals surface area contributed by atoms with Crippen LogP contribution in [0, 0.1) is 11.8 Å². The Hall–Kier alpha value is -2.32. The van der Waals surface area contributed by atoms with Gasteiger partial charge in [-0.2, -0.15) is 0 Å². The summed E-state index contributed by atoms with van der Waals surface area (Å²) in [7, 11) is 1.27. The van der Waals surface area contributed by atoms with Crippen LogP contribution in [0.1, 0.15) is 67.7 Å². The highest BCUT2D eigenvalue weighted by molar-refractivity contribution is 5.93. The summed E-state index contributed by atoms with van der Waals surface area (Å²) in [6, 6.07) is -2.34. The quantitative estimate of drug-likeness (QED) is 0.559. The van der Waals surface area contributed by atoms with Gasteiger partial charge in [0.1, 0.15) is 23.7 Å². The molecule has 0 spiro atoms. The molecule has 1 fully saturated rings. The van der Waals surface area contributed by atoms with Crippen LogP contribution in [0.25, 0.3) is 0 Å². The van der Waals surface area contributed by atoms with Crippen molar-refractivity contribution in [3.8, 4) is 0 Å². The molecular weight excluding hydrogens is 402 g/mol. The second-order valence-electron chi connectivity index (χ2n) is 9.78. The van der Waals surface area contributed by atoms with E-state index in [-0.39, 0.29) is 11.8 Å². The first-order valence-electron chi connectivity index (χ1n) is 10.9. The number of methoxy groups -OCH3 is 1. The molecule has 9 heteroatoms. The normalized spacial score (nSPS) is 18.5. The monoisotopic (exact) mass is 441 g/mol. The summed E-state index contributed by atoms with van der Waals surface area (Å²) in [4.78, 5) is 51.9. The molecule has 0 aromatic carbocycles. The lowest BCUT2D eigenvalue weighted by Gasteiger charge is -2.30. The highest BCUT2D eigenvalue weighted by Crippen LogP contribution is 2.21. The highest BCUT2D eigenvalue weighted by Gasteiger charge is 2.38. The molecule has 1 rings (SSSR count). The summed E-state index contributed by atoms with van der Waals surface area (Å²) >= 11 is 0. The van der Waals surface area contributed by atoms with Gasteiger partial charge in [-0.1, -0.05) is 27.7 Å². The number of likely N-dealkylation sites (tertiary alicyclic amines) is 1. The van der Waals surface area contributed by atoms with E-state index in [4.69, 9.17) is 9.47 Å². The minimum atomic E-state index is -0.834. The van der Waals surface area contributed by atoms with E-state index in [1.54, 1.807) is 34.6 Å². The number of ether oxygens (including phenoxy) is 2. The summed E-state index contributed by atoms with van der Waals surface area (Å²) in [5, 5.41) is 5.49. The van der Waals surface area contributed by atoms with Gasteiger partial charge in [0.25, 0.3) is 0 Å². The molecule has 31 heavy (non-hydrogen) atoms. The fourth-order valence-corrected chi connectivity index (χ4v) is 3.43.